The first-order valence-electron chi connectivity index (χ1n) is 6.16. The van der Waals surface area contributed by atoms with Gasteiger partial charge in [0.15, 0.2) is 0 Å². The summed E-state index contributed by atoms with van der Waals surface area (Å²) in [5.41, 5.74) is 7.69. The van der Waals surface area contributed by atoms with Crippen LogP contribution >= 0.6 is 0 Å². The number of fused-ring (bicyclic) bond motifs is 1. The molecule has 18 heavy (non-hydrogen) atoms. The van der Waals surface area contributed by atoms with Gasteiger partial charge in [0.25, 0.3) is 0 Å². The normalized spacial score (nSPS) is 14.8. The van der Waals surface area contributed by atoms with Crippen LogP contribution in [0.5, 0.6) is 0 Å². The van der Waals surface area contributed by atoms with Gasteiger partial charge in [-0.25, -0.2) is 0 Å². The highest BCUT2D eigenvalue weighted by atomic mass is 32.2. The van der Waals surface area contributed by atoms with Crippen LogP contribution in [0, 0.1) is 0 Å². The lowest BCUT2D eigenvalue weighted by Gasteiger charge is -2.03. The van der Waals surface area contributed by atoms with Crippen molar-refractivity contribution in [2.45, 2.75) is 32.2 Å². The molecule has 0 spiro atoms. The second-order valence-corrected chi connectivity index (χ2v) is 6.01. The molecule has 0 saturated heterocycles. The van der Waals surface area contributed by atoms with Gasteiger partial charge in [0.2, 0.25) is 0 Å². The molecule has 2 rings (SSSR count). The van der Waals surface area contributed by atoms with Crippen molar-refractivity contribution in [1.29, 1.82) is 0 Å². The highest BCUT2D eigenvalue weighted by Crippen LogP contribution is 2.19. The van der Waals surface area contributed by atoms with Crippen LogP contribution in [0.15, 0.2) is 24.3 Å². The molecule has 0 aliphatic carbocycles. The van der Waals surface area contributed by atoms with Crippen molar-refractivity contribution < 1.29 is 4.21 Å². The molecule has 0 aliphatic rings. The fraction of sp³-hybridized carbons (Fsp3) is 0.462. The monoisotopic (exact) mass is 265 g/mol. The molecule has 2 aromatic rings. The first kappa shape index (κ1) is 13.2. The first-order chi connectivity index (χ1) is 8.61. The van der Waals surface area contributed by atoms with Gasteiger partial charge < -0.3 is 5.73 Å². The Morgan fingerprint density at radius 1 is 1.44 bits per heavy atom. The molecule has 0 amide bonds. The third-order valence-corrected chi connectivity index (χ3v) is 4.27. The molecule has 0 saturated carbocycles. The molecule has 2 unspecified atom stereocenters. The summed E-state index contributed by atoms with van der Waals surface area (Å²) >= 11 is 0. The molecule has 0 aliphatic heterocycles. The van der Waals surface area contributed by atoms with Crippen LogP contribution in [0.2, 0.25) is 0 Å². The molecule has 98 valence electrons. The maximum atomic E-state index is 11.9. The van der Waals surface area contributed by atoms with Crippen molar-refractivity contribution in [2.24, 2.45) is 5.73 Å². The number of benzene rings is 1. The molecule has 2 atom stereocenters. The standard InChI is InChI=1S/C13H19N3OS/c1-3-16-13-7-5-4-6-11(13)12(15-16)9-18(17)8-10(2)14/h4-7,10H,3,8-9,14H2,1-2H3. The Morgan fingerprint density at radius 2 is 2.17 bits per heavy atom. The Bertz CT molecular complexity index is 562. The van der Waals surface area contributed by atoms with E-state index in [2.05, 4.69) is 12.0 Å². The van der Waals surface area contributed by atoms with E-state index in [1.807, 2.05) is 35.9 Å². The molecule has 4 nitrogen and oxygen atoms in total. The van der Waals surface area contributed by atoms with Crippen LogP contribution in [0.3, 0.4) is 0 Å². The van der Waals surface area contributed by atoms with E-state index in [0.717, 1.165) is 23.1 Å². The largest absolute Gasteiger partial charge is 0.327 e. The number of para-hydroxylation sites is 1. The number of nitrogens with zero attached hydrogens (tertiary/aromatic N) is 2. The van der Waals surface area contributed by atoms with Crippen LogP contribution in [-0.4, -0.2) is 25.8 Å². The highest BCUT2D eigenvalue weighted by Gasteiger charge is 2.12. The molecular weight excluding hydrogens is 246 g/mol. The minimum Gasteiger partial charge on any atom is -0.327 e. The lowest BCUT2D eigenvalue weighted by Crippen LogP contribution is -2.23. The zero-order valence-corrected chi connectivity index (χ0v) is 11.6. The minimum absolute atomic E-state index is 0.0367. The van der Waals surface area contributed by atoms with Gasteiger partial charge in [0.1, 0.15) is 0 Å². The fourth-order valence-corrected chi connectivity index (χ4v) is 3.27. The number of nitrogens with two attached hydrogens (primary N) is 1. The predicted octanol–water partition coefficient (Wildman–Crippen LogP) is 1.65. The van der Waals surface area contributed by atoms with E-state index in [1.165, 1.54) is 0 Å². The van der Waals surface area contributed by atoms with Crippen LogP contribution < -0.4 is 5.73 Å². The molecule has 1 heterocycles. The van der Waals surface area contributed by atoms with E-state index in [0.29, 0.717) is 11.5 Å². The number of aryl methyl sites for hydroxylation is 1. The van der Waals surface area contributed by atoms with E-state index in [9.17, 15) is 4.21 Å². The number of hydrogen-bond donors (Lipinski definition) is 1. The van der Waals surface area contributed by atoms with Crippen LogP contribution in [0.1, 0.15) is 19.5 Å². The molecule has 0 bridgehead atoms. The van der Waals surface area contributed by atoms with Gasteiger partial charge in [0, 0.05) is 34.5 Å². The molecule has 2 N–H and O–H groups in total. The van der Waals surface area contributed by atoms with E-state index < -0.39 is 10.8 Å². The summed E-state index contributed by atoms with van der Waals surface area (Å²) in [5.74, 6) is 1.00. The average Bonchev–Trinajstić information content (AvgIpc) is 2.67. The van der Waals surface area contributed by atoms with Crippen molar-refractivity contribution >= 4 is 21.7 Å². The van der Waals surface area contributed by atoms with Gasteiger partial charge in [-0.3, -0.25) is 8.89 Å². The van der Waals surface area contributed by atoms with Crippen molar-refractivity contribution in [3.05, 3.63) is 30.0 Å². The van der Waals surface area contributed by atoms with Crippen molar-refractivity contribution in [2.75, 3.05) is 5.75 Å². The van der Waals surface area contributed by atoms with Crippen LogP contribution in [0.4, 0.5) is 0 Å². The third kappa shape index (κ3) is 2.79. The van der Waals surface area contributed by atoms with Crippen LogP contribution in [0.25, 0.3) is 10.9 Å². The Kier molecular flexibility index (Phi) is 4.14. The Morgan fingerprint density at radius 3 is 2.83 bits per heavy atom. The molecule has 1 aromatic carbocycles. The summed E-state index contributed by atoms with van der Waals surface area (Å²) in [6, 6.07) is 8.03. The van der Waals surface area contributed by atoms with E-state index in [-0.39, 0.29) is 6.04 Å². The zero-order valence-electron chi connectivity index (χ0n) is 10.8. The highest BCUT2D eigenvalue weighted by molar-refractivity contribution is 7.84. The second kappa shape index (κ2) is 5.63. The predicted molar refractivity (Wildman–Crippen MR) is 75.8 cm³/mol. The maximum Gasteiger partial charge on any atom is 0.0828 e. The molecule has 0 radical (unpaired) electrons. The van der Waals surface area contributed by atoms with E-state index in [1.54, 1.807) is 0 Å². The van der Waals surface area contributed by atoms with Crippen molar-refractivity contribution in [3.8, 4) is 0 Å². The lowest BCUT2D eigenvalue weighted by atomic mass is 10.2. The summed E-state index contributed by atoms with van der Waals surface area (Å²) in [7, 11) is -0.947. The van der Waals surface area contributed by atoms with Crippen molar-refractivity contribution in [1.82, 2.24) is 9.78 Å². The quantitative estimate of drug-likeness (QED) is 0.894. The number of rotatable bonds is 5. The van der Waals surface area contributed by atoms with E-state index >= 15 is 0 Å². The fourth-order valence-electron chi connectivity index (χ4n) is 2.05. The maximum absolute atomic E-state index is 11.9. The van der Waals surface area contributed by atoms with Crippen molar-refractivity contribution in [3.63, 3.8) is 0 Å². The van der Waals surface area contributed by atoms with Gasteiger partial charge in [-0.1, -0.05) is 18.2 Å². The molecular formula is C13H19N3OS. The average molecular weight is 265 g/mol. The lowest BCUT2D eigenvalue weighted by molar-refractivity contribution is 0.664. The number of hydrogen-bond acceptors (Lipinski definition) is 3. The molecule has 1 aromatic heterocycles. The summed E-state index contributed by atoms with van der Waals surface area (Å²) in [4.78, 5) is 0. The Hall–Kier alpha value is -1.20. The second-order valence-electron chi connectivity index (χ2n) is 4.51. The summed E-state index contributed by atoms with van der Waals surface area (Å²) in [6.45, 7) is 4.75. The SMILES string of the molecule is CCn1nc(CS(=O)CC(C)N)c2ccccc21. The van der Waals surface area contributed by atoms with Gasteiger partial charge in [-0.2, -0.15) is 5.10 Å². The topological polar surface area (TPSA) is 60.9 Å². The van der Waals surface area contributed by atoms with Gasteiger partial charge >= 0.3 is 0 Å². The van der Waals surface area contributed by atoms with Gasteiger partial charge in [-0.15, -0.1) is 0 Å². The third-order valence-electron chi connectivity index (χ3n) is 2.78. The summed E-state index contributed by atoms with van der Waals surface area (Å²) in [6.07, 6.45) is 0. The number of aromatic nitrogens is 2. The first-order valence-corrected chi connectivity index (χ1v) is 7.65. The van der Waals surface area contributed by atoms with E-state index in [4.69, 9.17) is 5.73 Å². The van der Waals surface area contributed by atoms with Gasteiger partial charge in [-0.05, 0) is 19.9 Å². The Labute approximate surface area is 110 Å². The summed E-state index contributed by atoms with van der Waals surface area (Å²) in [5, 5.41) is 5.63. The zero-order chi connectivity index (χ0) is 13.1. The van der Waals surface area contributed by atoms with Gasteiger partial charge in [0.05, 0.1) is 17.0 Å². The summed E-state index contributed by atoms with van der Waals surface area (Å²) < 4.78 is 13.9. The smallest absolute Gasteiger partial charge is 0.0828 e. The minimum atomic E-state index is -0.947. The van der Waals surface area contributed by atoms with Crippen LogP contribution in [-0.2, 0) is 23.1 Å². The molecule has 0 fully saturated rings. The Balaban J connectivity index is 2.31. The molecule has 5 heteroatoms.